The molecule has 0 saturated heterocycles. The molecule has 0 aromatic heterocycles. The van der Waals surface area contributed by atoms with E-state index in [0.29, 0.717) is 13.1 Å². The van der Waals surface area contributed by atoms with Crippen molar-refractivity contribution in [3.8, 4) is 0 Å². The summed E-state index contributed by atoms with van der Waals surface area (Å²) in [6, 6.07) is 7.64. The lowest BCUT2D eigenvalue weighted by atomic mass is 10.2. The summed E-state index contributed by atoms with van der Waals surface area (Å²) in [4.78, 5) is 23.8. The molecular weight excluding hydrogens is 258 g/mol. The molecule has 20 heavy (non-hydrogen) atoms. The maximum absolute atomic E-state index is 11.7. The highest BCUT2D eigenvalue weighted by atomic mass is 16.6. The van der Waals surface area contributed by atoms with Crippen molar-refractivity contribution in [2.45, 2.75) is 13.5 Å². The van der Waals surface area contributed by atoms with E-state index in [4.69, 9.17) is 4.74 Å². The molecule has 0 atom stereocenters. The molecule has 0 aliphatic carbocycles. The zero-order chi connectivity index (χ0) is 15.0. The van der Waals surface area contributed by atoms with Gasteiger partial charge in [0.2, 0.25) is 5.91 Å². The summed E-state index contributed by atoms with van der Waals surface area (Å²) in [6.45, 7) is 2.50. The van der Waals surface area contributed by atoms with Crippen molar-refractivity contribution in [3.05, 3.63) is 29.8 Å². The van der Waals surface area contributed by atoms with Crippen LogP contribution in [0.3, 0.4) is 0 Å². The predicted octanol–water partition coefficient (Wildman–Crippen LogP) is 1.92. The standard InChI is InChI=1S/C14H21N3O3.2H2/c1-11(18)16-8-9-17(3)14(19)20-10-12-4-6-13(15-2)7-5-12;;/h4-7,15H,8-10H2,1-3H3,(H,16,18);2*1H. The highest BCUT2D eigenvalue weighted by Crippen LogP contribution is 2.09. The number of amides is 2. The summed E-state index contributed by atoms with van der Waals surface area (Å²) < 4.78 is 5.17. The van der Waals surface area contributed by atoms with Gasteiger partial charge >= 0.3 is 6.09 Å². The molecule has 114 valence electrons. The number of hydrogen-bond acceptors (Lipinski definition) is 4. The Morgan fingerprint density at radius 3 is 2.50 bits per heavy atom. The highest BCUT2D eigenvalue weighted by molar-refractivity contribution is 5.73. The van der Waals surface area contributed by atoms with Crippen LogP contribution in [0.1, 0.15) is 15.3 Å². The average Bonchev–Trinajstić information content (AvgIpc) is 2.44. The number of rotatable bonds is 6. The number of carbonyl (C=O) groups excluding carboxylic acids is 2. The molecule has 2 N–H and O–H groups in total. The highest BCUT2D eigenvalue weighted by Gasteiger charge is 2.09. The Bertz CT molecular complexity index is 455. The second-order valence-electron chi connectivity index (χ2n) is 4.41. The van der Waals surface area contributed by atoms with Crippen molar-refractivity contribution in [2.24, 2.45) is 0 Å². The van der Waals surface area contributed by atoms with Gasteiger partial charge in [0.25, 0.3) is 0 Å². The minimum absolute atomic E-state index is 0. The second kappa shape index (κ2) is 8.04. The summed E-state index contributed by atoms with van der Waals surface area (Å²) in [7, 11) is 3.48. The third-order valence-electron chi connectivity index (χ3n) is 2.74. The molecule has 6 nitrogen and oxygen atoms in total. The van der Waals surface area contributed by atoms with Gasteiger partial charge in [-0.3, -0.25) is 4.79 Å². The molecule has 1 aromatic carbocycles. The maximum atomic E-state index is 11.7. The van der Waals surface area contributed by atoms with Crippen LogP contribution in [0, 0.1) is 0 Å². The van der Waals surface area contributed by atoms with Crippen LogP contribution in [0.15, 0.2) is 24.3 Å². The van der Waals surface area contributed by atoms with Gasteiger partial charge in [-0.1, -0.05) is 12.1 Å². The smallest absolute Gasteiger partial charge is 0.409 e. The van der Waals surface area contributed by atoms with Crippen LogP contribution in [0.2, 0.25) is 0 Å². The van der Waals surface area contributed by atoms with Gasteiger partial charge in [-0.15, -0.1) is 0 Å². The van der Waals surface area contributed by atoms with E-state index in [9.17, 15) is 9.59 Å². The van der Waals surface area contributed by atoms with Gasteiger partial charge in [0.15, 0.2) is 0 Å². The van der Waals surface area contributed by atoms with E-state index >= 15 is 0 Å². The number of nitrogens with one attached hydrogen (secondary N) is 2. The van der Waals surface area contributed by atoms with E-state index in [-0.39, 0.29) is 15.4 Å². The van der Waals surface area contributed by atoms with Crippen molar-refractivity contribution in [1.82, 2.24) is 10.2 Å². The Morgan fingerprint density at radius 1 is 1.30 bits per heavy atom. The first kappa shape index (κ1) is 15.8. The molecule has 0 aliphatic rings. The number of hydrogen-bond donors (Lipinski definition) is 2. The molecule has 0 radical (unpaired) electrons. The fraction of sp³-hybridized carbons (Fsp3) is 0.429. The molecule has 1 aromatic rings. The topological polar surface area (TPSA) is 70.7 Å². The van der Waals surface area contributed by atoms with Crippen LogP contribution >= 0.6 is 0 Å². The monoisotopic (exact) mass is 283 g/mol. The van der Waals surface area contributed by atoms with Gasteiger partial charge in [-0.25, -0.2) is 4.79 Å². The molecule has 6 heteroatoms. The zero-order valence-electron chi connectivity index (χ0n) is 12.1. The number of benzene rings is 1. The molecule has 0 saturated carbocycles. The SMILES string of the molecule is CNc1ccc(COC(=O)N(C)CCNC(C)=O)cc1.[HH].[HH]. The molecule has 0 aliphatic heterocycles. The van der Waals surface area contributed by atoms with Gasteiger partial charge in [0, 0.05) is 42.6 Å². The fourth-order valence-corrected chi connectivity index (χ4v) is 1.51. The number of carbonyl (C=O) groups is 2. The molecular formula is C14H25N3O3. The molecule has 0 spiro atoms. The maximum Gasteiger partial charge on any atom is 0.409 e. The number of likely N-dealkylation sites (N-methyl/N-ethyl adjacent to an activating group) is 1. The summed E-state index contributed by atoms with van der Waals surface area (Å²) in [5.41, 5.74) is 1.93. The van der Waals surface area contributed by atoms with Gasteiger partial charge < -0.3 is 20.3 Å². The van der Waals surface area contributed by atoms with Crippen LogP contribution in [0.5, 0.6) is 0 Å². The summed E-state index contributed by atoms with van der Waals surface area (Å²) >= 11 is 0. The minimum atomic E-state index is -0.409. The third kappa shape index (κ3) is 5.60. The van der Waals surface area contributed by atoms with E-state index < -0.39 is 6.09 Å². The van der Waals surface area contributed by atoms with Crippen molar-refractivity contribution in [3.63, 3.8) is 0 Å². The molecule has 0 bridgehead atoms. The largest absolute Gasteiger partial charge is 0.445 e. The van der Waals surface area contributed by atoms with E-state index in [1.54, 1.807) is 7.05 Å². The summed E-state index contributed by atoms with van der Waals surface area (Å²) in [6.07, 6.45) is -0.409. The van der Waals surface area contributed by atoms with Crippen LogP contribution in [-0.4, -0.2) is 44.1 Å². The minimum Gasteiger partial charge on any atom is -0.445 e. The van der Waals surface area contributed by atoms with Crippen molar-refractivity contribution in [2.75, 3.05) is 32.5 Å². The number of nitrogens with zero attached hydrogens (tertiary/aromatic N) is 1. The number of anilines is 1. The van der Waals surface area contributed by atoms with Crippen molar-refractivity contribution in [1.29, 1.82) is 0 Å². The lowest BCUT2D eigenvalue weighted by Gasteiger charge is -2.17. The normalized spacial score (nSPS) is 9.75. The Balaban J connectivity index is 0. The molecule has 0 unspecified atom stereocenters. The first-order valence-corrected chi connectivity index (χ1v) is 6.42. The molecule has 0 heterocycles. The van der Waals surface area contributed by atoms with E-state index in [1.807, 2.05) is 31.3 Å². The van der Waals surface area contributed by atoms with Gasteiger partial charge in [-0.2, -0.15) is 0 Å². The Hall–Kier alpha value is -2.24. The fourth-order valence-electron chi connectivity index (χ4n) is 1.51. The lowest BCUT2D eigenvalue weighted by molar-refractivity contribution is -0.119. The predicted molar refractivity (Wildman–Crippen MR) is 81.7 cm³/mol. The zero-order valence-corrected chi connectivity index (χ0v) is 12.1. The summed E-state index contributed by atoms with van der Waals surface area (Å²) in [5, 5.41) is 5.64. The van der Waals surface area contributed by atoms with E-state index in [0.717, 1.165) is 11.3 Å². The van der Waals surface area contributed by atoms with E-state index in [2.05, 4.69) is 10.6 Å². The first-order chi connectivity index (χ1) is 9.52. The van der Waals surface area contributed by atoms with Crippen LogP contribution < -0.4 is 10.6 Å². The Labute approximate surface area is 122 Å². The molecule has 1 rings (SSSR count). The Morgan fingerprint density at radius 2 is 1.95 bits per heavy atom. The summed E-state index contributed by atoms with van der Waals surface area (Å²) in [5.74, 6) is -0.114. The van der Waals surface area contributed by atoms with Crippen LogP contribution in [0.25, 0.3) is 0 Å². The van der Waals surface area contributed by atoms with Crippen LogP contribution in [-0.2, 0) is 16.1 Å². The van der Waals surface area contributed by atoms with Crippen molar-refractivity contribution < 1.29 is 17.2 Å². The molecule has 0 fully saturated rings. The van der Waals surface area contributed by atoms with Gasteiger partial charge in [0.05, 0.1) is 0 Å². The van der Waals surface area contributed by atoms with Crippen LogP contribution in [0.4, 0.5) is 10.5 Å². The van der Waals surface area contributed by atoms with E-state index in [1.165, 1.54) is 11.8 Å². The third-order valence-corrected chi connectivity index (χ3v) is 2.74. The quantitative estimate of drug-likeness (QED) is 0.837. The lowest BCUT2D eigenvalue weighted by Crippen LogP contribution is -2.35. The number of ether oxygens (including phenoxy) is 1. The average molecular weight is 283 g/mol. The molecule has 2 amide bonds. The van der Waals surface area contributed by atoms with Gasteiger partial charge in [-0.05, 0) is 17.7 Å². The second-order valence-corrected chi connectivity index (χ2v) is 4.41. The van der Waals surface area contributed by atoms with Gasteiger partial charge in [0.1, 0.15) is 6.61 Å². The first-order valence-electron chi connectivity index (χ1n) is 6.42. The Kier molecular flexibility index (Phi) is 6.36. The van der Waals surface area contributed by atoms with Crippen molar-refractivity contribution >= 4 is 17.7 Å².